The molecule has 0 saturated carbocycles. The maximum absolute atomic E-state index is 13.2. The Labute approximate surface area is 94.0 Å². The number of rotatable bonds is 2. The fourth-order valence-electron chi connectivity index (χ4n) is 1.40. The number of benzene rings is 1. The topological polar surface area (TPSA) is 75.6 Å². The molecular weight excluding hydrogens is 236 g/mol. The Hall–Kier alpha value is -2.18. The van der Waals surface area contributed by atoms with Gasteiger partial charge in [0, 0.05) is 5.56 Å². The lowest BCUT2D eigenvalue weighted by atomic mass is 10.1. The van der Waals surface area contributed by atoms with Crippen molar-refractivity contribution in [1.29, 1.82) is 0 Å². The first-order valence-corrected chi connectivity index (χ1v) is 4.59. The normalized spacial score (nSPS) is 14.6. The molecule has 2 rings (SSSR count). The number of fused-ring (bicyclic) bond motifs is 1. The number of halogens is 2. The largest absolute Gasteiger partial charge is 0.482 e. The number of nitrogens with one attached hydrogen (secondary N) is 1. The summed E-state index contributed by atoms with van der Waals surface area (Å²) >= 11 is 0. The van der Waals surface area contributed by atoms with E-state index in [0.717, 1.165) is 12.1 Å². The van der Waals surface area contributed by atoms with Gasteiger partial charge in [-0.3, -0.25) is 4.79 Å². The van der Waals surface area contributed by atoms with E-state index in [0.29, 0.717) is 0 Å². The maximum atomic E-state index is 13.2. The molecule has 0 aromatic heterocycles. The predicted molar refractivity (Wildman–Crippen MR) is 52.1 cm³/mol. The molecule has 1 aromatic carbocycles. The van der Waals surface area contributed by atoms with Crippen molar-refractivity contribution >= 4 is 17.6 Å². The molecule has 0 radical (unpaired) electrons. The monoisotopic (exact) mass is 243 g/mol. The minimum absolute atomic E-state index is 0.0414. The van der Waals surface area contributed by atoms with Gasteiger partial charge in [-0.1, -0.05) is 0 Å². The molecule has 2 N–H and O–H groups in total. The molecule has 1 aliphatic heterocycles. The van der Waals surface area contributed by atoms with Crippen LogP contribution in [0, 0.1) is 0 Å². The molecule has 1 heterocycles. The van der Waals surface area contributed by atoms with Crippen molar-refractivity contribution in [2.24, 2.45) is 0 Å². The van der Waals surface area contributed by atoms with Crippen molar-refractivity contribution in [3.05, 3.63) is 23.8 Å². The minimum atomic E-state index is -4.00. The Morgan fingerprint density at radius 2 is 2.18 bits per heavy atom. The lowest BCUT2D eigenvalue weighted by molar-refractivity contribution is -0.166. The van der Waals surface area contributed by atoms with Gasteiger partial charge in [0.25, 0.3) is 5.91 Å². The van der Waals surface area contributed by atoms with Crippen molar-refractivity contribution < 1.29 is 28.2 Å². The molecule has 0 bridgehead atoms. The fraction of sp³-hybridized carbons (Fsp3) is 0.200. The molecule has 0 saturated heterocycles. The van der Waals surface area contributed by atoms with Gasteiger partial charge < -0.3 is 15.2 Å². The van der Waals surface area contributed by atoms with E-state index in [9.17, 15) is 18.4 Å². The lowest BCUT2D eigenvalue weighted by Crippen LogP contribution is -2.28. The first kappa shape index (κ1) is 11.3. The summed E-state index contributed by atoms with van der Waals surface area (Å²) in [4.78, 5) is 21.4. The molecule has 1 aliphatic rings. The summed E-state index contributed by atoms with van der Waals surface area (Å²) in [7, 11) is 0. The highest BCUT2D eigenvalue weighted by atomic mass is 19.3. The van der Waals surface area contributed by atoms with Crippen LogP contribution >= 0.6 is 0 Å². The average Bonchev–Trinajstić information content (AvgIpc) is 2.27. The Bertz CT molecular complexity index is 501. The van der Waals surface area contributed by atoms with Gasteiger partial charge in [0.05, 0.1) is 5.69 Å². The highest BCUT2D eigenvalue weighted by Gasteiger charge is 2.41. The molecule has 0 spiro atoms. The minimum Gasteiger partial charge on any atom is -0.482 e. The highest BCUT2D eigenvalue weighted by molar-refractivity contribution is 5.95. The van der Waals surface area contributed by atoms with Gasteiger partial charge in [0.1, 0.15) is 5.75 Å². The molecule has 0 aliphatic carbocycles. The summed E-state index contributed by atoms with van der Waals surface area (Å²) in [5.41, 5.74) is -0.672. The van der Waals surface area contributed by atoms with Gasteiger partial charge in [-0.2, -0.15) is 8.78 Å². The van der Waals surface area contributed by atoms with Crippen LogP contribution in [0.2, 0.25) is 0 Å². The second kappa shape index (κ2) is 3.69. The van der Waals surface area contributed by atoms with Gasteiger partial charge in [0.2, 0.25) is 0 Å². The van der Waals surface area contributed by atoms with Gasteiger partial charge in [0.15, 0.2) is 6.61 Å². The summed E-state index contributed by atoms with van der Waals surface area (Å²) in [6.45, 7) is -0.193. The van der Waals surface area contributed by atoms with E-state index in [1.165, 1.54) is 6.07 Å². The number of amides is 1. The molecule has 7 heteroatoms. The number of carbonyl (C=O) groups excluding carboxylic acids is 1. The second-order valence-corrected chi connectivity index (χ2v) is 3.43. The fourth-order valence-corrected chi connectivity index (χ4v) is 1.40. The molecule has 1 aromatic rings. The molecule has 1 amide bonds. The van der Waals surface area contributed by atoms with Crippen LogP contribution in [0.25, 0.3) is 0 Å². The third kappa shape index (κ3) is 1.91. The van der Waals surface area contributed by atoms with Crippen molar-refractivity contribution in [2.75, 3.05) is 11.9 Å². The summed E-state index contributed by atoms with van der Waals surface area (Å²) in [6.07, 6.45) is 0. The summed E-state index contributed by atoms with van der Waals surface area (Å²) in [6, 6.07) is 3.03. The standard InChI is InChI=1S/C10H7F2NO4/c11-10(12,9(15)16)5-1-2-7-6(3-5)13-8(14)4-17-7/h1-3H,4H2,(H,13,14)(H,15,16). The quantitative estimate of drug-likeness (QED) is 0.818. The Kier molecular flexibility index (Phi) is 2.45. The van der Waals surface area contributed by atoms with Crippen molar-refractivity contribution in [1.82, 2.24) is 0 Å². The number of carboxylic acids is 1. The number of ether oxygens (including phenoxy) is 1. The third-order valence-corrected chi connectivity index (χ3v) is 2.24. The van der Waals surface area contributed by atoms with Gasteiger partial charge in [-0.05, 0) is 18.2 Å². The smallest absolute Gasteiger partial charge is 0.379 e. The zero-order valence-electron chi connectivity index (χ0n) is 8.37. The van der Waals surface area contributed by atoms with E-state index in [2.05, 4.69) is 5.32 Å². The van der Waals surface area contributed by atoms with Gasteiger partial charge in [-0.25, -0.2) is 4.79 Å². The molecular formula is C10H7F2NO4. The highest BCUT2D eigenvalue weighted by Crippen LogP contribution is 2.35. The van der Waals surface area contributed by atoms with E-state index in [1.54, 1.807) is 0 Å². The Morgan fingerprint density at radius 3 is 2.82 bits per heavy atom. The zero-order chi connectivity index (χ0) is 12.6. The van der Waals surface area contributed by atoms with Crippen LogP contribution in [0.3, 0.4) is 0 Å². The van der Waals surface area contributed by atoms with Crippen LogP contribution in [0.15, 0.2) is 18.2 Å². The number of hydrogen-bond donors (Lipinski definition) is 2. The Morgan fingerprint density at radius 1 is 1.47 bits per heavy atom. The number of carboxylic acid groups (broad SMARTS) is 1. The van der Waals surface area contributed by atoms with Gasteiger partial charge >= 0.3 is 11.9 Å². The van der Waals surface area contributed by atoms with Crippen LogP contribution in [0.1, 0.15) is 5.56 Å². The average molecular weight is 243 g/mol. The molecule has 90 valence electrons. The molecule has 0 atom stereocenters. The molecule has 0 unspecified atom stereocenters. The first-order chi connectivity index (χ1) is 7.91. The van der Waals surface area contributed by atoms with Crippen molar-refractivity contribution in [2.45, 2.75) is 5.92 Å². The molecule has 5 nitrogen and oxygen atoms in total. The van der Waals surface area contributed by atoms with Crippen molar-refractivity contribution in [3.63, 3.8) is 0 Å². The van der Waals surface area contributed by atoms with Crippen LogP contribution in [-0.2, 0) is 15.5 Å². The van der Waals surface area contributed by atoms with Crippen LogP contribution in [-0.4, -0.2) is 23.6 Å². The second-order valence-electron chi connectivity index (χ2n) is 3.43. The Balaban J connectivity index is 2.43. The van der Waals surface area contributed by atoms with Gasteiger partial charge in [-0.15, -0.1) is 0 Å². The zero-order valence-corrected chi connectivity index (χ0v) is 8.37. The van der Waals surface area contributed by atoms with Crippen LogP contribution in [0.4, 0.5) is 14.5 Å². The summed E-state index contributed by atoms with van der Waals surface area (Å²) in [5, 5.41) is 10.7. The summed E-state index contributed by atoms with van der Waals surface area (Å²) < 4.78 is 31.3. The molecule has 0 fully saturated rings. The summed E-state index contributed by atoms with van der Waals surface area (Å²) in [5.74, 6) is -6.50. The number of aliphatic carboxylic acids is 1. The number of alkyl halides is 2. The van der Waals surface area contributed by atoms with E-state index < -0.39 is 23.4 Å². The number of anilines is 1. The predicted octanol–water partition coefficient (Wildman–Crippen LogP) is 1.19. The van der Waals surface area contributed by atoms with Crippen LogP contribution < -0.4 is 10.1 Å². The lowest BCUT2D eigenvalue weighted by Gasteiger charge is -2.20. The van der Waals surface area contributed by atoms with Crippen molar-refractivity contribution in [3.8, 4) is 5.75 Å². The van der Waals surface area contributed by atoms with E-state index in [4.69, 9.17) is 9.84 Å². The first-order valence-electron chi connectivity index (χ1n) is 4.59. The number of hydrogen-bond acceptors (Lipinski definition) is 3. The maximum Gasteiger partial charge on any atom is 0.379 e. The van der Waals surface area contributed by atoms with E-state index >= 15 is 0 Å². The molecule has 17 heavy (non-hydrogen) atoms. The SMILES string of the molecule is O=C1COc2ccc(C(F)(F)C(=O)O)cc2N1. The van der Waals surface area contributed by atoms with E-state index in [-0.39, 0.29) is 18.0 Å². The van der Waals surface area contributed by atoms with Crippen LogP contribution in [0.5, 0.6) is 5.75 Å². The van der Waals surface area contributed by atoms with E-state index in [1.807, 2.05) is 0 Å². The third-order valence-electron chi connectivity index (χ3n) is 2.24. The number of carbonyl (C=O) groups is 2.